The molecular formula is C15H22N2O2. The van der Waals surface area contributed by atoms with E-state index in [2.05, 4.69) is 4.90 Å². The van der Waals surface area contributed by atoms with Gasteiger partial charge in [0.1, 0.15) is 0 Å². The molecule has 0 heterocycles. The summed E-state index contributed by atoms with van der Waals surface area (Å²) in [6, 6.07) is 8.31. The number of carboxylic acids is 1. The quantitative estimate of drug-likeness (QED) is 0.772. The number of nitrogens with zero attached hydrogens (tertiary/aromatic N) is 1. The molecule has 1 aromatic rings. The van der Waals surface area contributed by atoms with Crippen molar-refractivity contribution in [1.29, 1.82) is 0 Å². The molecular weight excluding hydrogens is 240 g/mol. The first-order valence-corrected chi connectivity index (χ1v) is 6.71. The van der Waals surface area contributed by atoms with Crippen LogP contribution in [0.25, 0.3) is 0 Å². The highest BCUT2D eigenvalue weighted by Crippen LogP contribution is 2.32. The maximum absolute atomic E-state index is 11.3. The van der Waals surface area contributed by atoms with Gasteiger partial charge in [-0.15, -0.1) is 0 Å². The highest BCUT2D eigenvalue weighted by Gasteiger charge is 2.36. The summed E-state index contributed by atoms with van der Waals surface area (Å²) in [5.74, 6) is -0.751. The van der Waals surface area contributed by atoms with E-state index in [1.54, 1.807) is 13.8 Å². The predicted molar refractivity (Wildman–Crippen MR) is 75.7 cm³/mol. The maximum atomic E-state index is 11.3. The third-order valence-corrected chi connectivity index (χ3v) is 3.67. The first-order valence-electron chi connectivity index (χ1n) is 6.71. The SMILES string of the molecule is CC(C)(CN(Cc1ccccc1N)C1CC1)C(=O)O. The fraction of sp³-hybridized carbons (Fsp3) is 0.533. The highest BCUT2D eigenvalue weighted by molar-refractivity contribution is 5.73. The molecule has 1 aromatic carbocycles. The molecule has 3 N–H and O–H groups in total. The number of carbonyl (C=O) groups is 1. The first kappa shape index (κ1) is 13.9. The summed E-state index contributed by atoms with van der Waals surface area (Å²) < 4.78 is 0. The van der Waals surface area contributed by atoms with Crippen LogP contribution in [-0.4, -0.2) is 28.6 Å². The first-order chi connectivity index (χ1) is 8.90. The molecule has 0 aromatic heterocycles. The van der Waals surface area contributed by atoms with E-state index in [1.807, 2.05) is 24.3 Å². The molecule has 104 valence electrons. The van der Waals surface area contributed by atoms with Crippen LogP contribution in [0.2, 0.25) is 0 Å². The van der Waals surface area contributed by atoms with Gasteiger partial charge in [0.15, 0.2) is 0 Å². The highest BCUT2D eigenvalue weighted by atomic mass is 16.4. The minimum Gasteiger partial charge on any atom is -0.481 e. The van der Waals surface area contributed by atoms with Crippen molar-refractivity contribution in [3.63, 3.8) is 0 Å². The van der Waals surface area contributed by atoms with Gasteiger partial charge in [0.25, 0.3) is 0 Å². The Kier molecular flexibility index (Phi) is 3.80. The van der Waals surface area contributed by atoms with Crippen molar-refractivity contribution in [2.75, 3.05) is 12.3 Å². The van der Waals surface area contributed by atoms with Crippen molar-refractivity contribution in [3.05, 3.63) is 29.8 Å². The Balaban J connectivity index is 2.09. The van der Waals surface area contributed by atoms with Gasteiger partial charge in [0.2, 0.25) is 0 Å². The standard InChI is InChI=1S/C15H22N2O2/c1-15(2,14(18)19)10-17(12-7-8-12)9-11-5-3-4-6-13(11)16/h3-6,12H,7-10,16H2,1-2H3,(H,18,19). The van der Waals surface area contributed by atoms with E-state index in [-0.39, 0.29) is 0 Å². The summed E-state index contributed by atoms with van der Waals surface area (Å²) in [5, 5.41) is 9.26. The number of nitrogen functional groups attached to an aromatic ring is 1. The van der Waals surface area contributed by atoms with Crippen LogP contribution >= 0.6 is 0 Å². The smallest absolute Gasteiger partial charge is 0.310 e. The van der Waals surface area contributed by atoms with Gasteiger partial charge >= 0.3 is 5.97 Å². The monoisotopic (exact) mass is 262 g/mol. The maximum Gasteiger partial charge on any atom is 0.310 e. The van der Waals surface area contributed by atoms with Crippen molar-refractivity contribution >= 4 is 11.7 Å². The van der Waals surface area contributed by atoms with Gasteiger partial charge in [-0.2, -0.15) is 0 Å². The normalized spacial score (nSPS) is 15.7. The van der Waals surface area contributed by atoms with Crippen LogP contribution in [0.15, 0.2) is 24.3 Å². The molecule has 0 bridgehead atoms. The molecule has 19 heavy (non-hydrogen) atoms. The van der Waals surface area contributed by atoms with Gasteiger partial charge in [0, 0.05) is 24.8 Å². The van der Waals surface area contributed by atoms with E-state index in [0.717, 1.165) is 30.6 Å². The minimum absolute atomic E-state index is 0.512. The number of para-hydroxylation sites is 1. The Morgan fingerprint density at radius 1 is 1.42 bits per heavy atom. The summed E-state index contributed by atoms with van der Waals surface area (Å²) in [7, 11) is 0. The summed E-state index contributed by atoms with van der Waals surface area (Å²) in [5.41, 5.74) is 7.10. The summed E-state index contributed by atoms with van der Waals surface area (Å²) >= 11 is 0. The van der Waals surface area contributed by atoms with Crippen molar-refractivity contribution < 1.29 is 9.90 Å². The number of hydrogen-bond acceptors (Lipinski definition) is 3. The third kappa shape index (κ3) is 3.47. The second-order valence-corrected chi connectivity index (χ2v) is 6.02. The lowest BCUT2D eigenvalue weighted by molar-refractivity contribution is -0.148. The summed E-state index contributed by atoms with van der Waals surface area (Å²) in [6.07, 6.45) is 2.31. The average molecular weight is 262 g/mol. The van der Waals surface area contributed by atoms with Crippen LogP contribution in [0.4, 0.5) is 5.69 Å². The summed E-state index contributed by atoms with van der Waals surface area (Å²) in [4.78, 5) is 13.5. The summed E-state index contributed by atoms with van der Waals surface area (Å²) in [6.45, 7) is 4.84. The van der Waals surface area contributed by atoms with Crippen LogP contribution in [0.1, 0.15) is 32.3 Å². The predicted octanol–water partition coefficient (Wildman–Crippen LogP) is 2.34. The second kappa shape index (κ2) is 5.21. The molecule has 0 aliphatic heterocycles. The molecule has 1 aliphatic rings. The molecule has 0 unspecified atom stereocenters. The van der Waals surface area contributed by atoms with Crippen LogP contribution < -0.4 is 5.73 Å². The zero-order valence-electron chi connectivity index (χ0n) is 11.6. The number of anilines is 1. The minimum atomic E-state index is -0.751. The zero-order valence-corrected chi connectivity index (χ0v) is 11.6. The fourth-order valence-electron chi connectivity index (χ4n) is 2.23. The molecule has 4 heteroatoms. The Morgan fingerprint density at radius 3 is 2.58 bits per heavy atom. The van der Waals surface area contributed by atoms with Gasteiger partial charge in [-0.05, 0) is 38.3 Å². The van der Waals surface area contributed by atoms with E-state index >= 15 is 0 Å². The lowest BCUT2D eigenvalue weighted by Gasteiger charge is -2.30. The molecule has 0 atom stereocenters. The van der Waals surface area contributed by atoms with Crippen molar-refractivity contribution in [1.82, 2.24) is 4.90 Å². The van der Waals surface area contributed by atoms with Gasteiger partial charge in [-0.1, -0.05) is 18.2 Å². The number of nitrogens with two attached hydrogens (primary N) is 1. The number of aliphatic carboxylic acids is 1. The van der Waals surface area contributed by atoms with Crippen molar-refractivity contribution in [3.8, 4) is 0 Å². The Morgan fingerprint density at radius 2 is 2.05 bits per heavy atom. The largest absolute Gasteiger partial charge is 0.481 e. The van der Waals surface area contributed by atoms with E-state index in [4.69, 9.17) is 5.73 Å². The third-order valence-electron chi connectivity index (χ3n) is 3.67. The molecule has 0 amide bonds. The zero-order chi connectivity index (χ0) is 14.0. The van der Waals surface area contributed by atoms with Gasteiger partial charge < -0.3 is 10.8 Å². The molecule has 1 aliphatic carbocycles. The van der Waals surface area contributed by atoms with Crippen molar-refractivity contribution in [2.45, 2.75) is 39.3 Å². The lowest BCUT2D eigenvalue weighted by Crippen LogP contribution is -2.40. The fourth-order valence-corrected chi connectivity index (χ4v) is 2.23. The lowest BCUT2D eigenvalue weighted by atomic mass is 9.92. The molecule has 0 saturated heterocycles. The Hall–Kier alpha value is -1.55. The van der Waals surface area contributed by atoms with Gasteiger partial charge in [-0.25, -0.2) is 0 Å². The molecule has 1 fully saturated rings. The van der Waals surface area contributed by atoms with E-state index in [9.17, 15) is 9.90 Å². The van der Waals surface area contributed by atoms with Crippen LogP contribution in [0, 0.1) is 5.41 Å². The van der Waals surface area contributed by atoms with E-state index in [1.165, 1.54) is 0 Å². The number of rotatable bonds is 6. The van der Waals surface area contributed by atoms with Crippen LogP contribution in [0.5, 0.6) is 0 Å². The molecule has 2 rings (SSSR count). The number of carboxylic acid groups (broad SMARTS) is 1. The van der Waals surface area contributed by atoms with Crippen molar-refractivity contribution in [2.24, 2.45) is 5.41 Å². The van der Waals surface area contributed by atoms with E-state index in [0.29, 0.717) is 12.6 Å². The number of benzene rings is 1. The number of hydrogen-bond donors (Lipinski definition) is 2. The average Bonchev–Trinajstić information content (AvgIpc) is 3.14. The molecule has 4 nitrogen and oxygen atoms in total. The Labute approximate surface area is 114 Å². The molecule has 0 radical (unpaired) electrons. The van der Waals surface area contributed by atoms with Crippen LogP contribution in [0.3, 0.4) is 0 Å². The topological polar surface area (TPSA) is 66.6 Å². The molecule has 0 spiro atoms. The van der Waals surface area contributed by atoms with Gasteiger partial charge in [-0.3, -0.25) is 9.69 Å². The van der Waals surface area contributed by atoms with Gasteiger partial charge in [0.05, 0.1) is 5.41 Å². The molecule has 1 saturated carbocycles. The van der Waals surface area contributed by atoms with E-state index < -0.39 is 11.4 Å². The second-order valence-electron chi connectivity index (χ2n) is 6.02. The van der Waals surface area contributed by atoms with Crippen LogP contribution in [-0.2, 0) is 11.3 Å². The Bertz CT molecular complexity index is 467.